The maximum atomic E-state index is 10.8. The Kier molecular flexibility index (Phi) is 3.18. The molecule has 18 heavy (non-hydrogen) atoms. The van der Waals surface area contributed by atoms with Gasteiger partial charge in [0.15, 0.2) is 6.29 Å². The van der Waals surface area contributed by atoms with Crippen LogP contribution in [0, 0.1) is 17.0 Å². The Bertz CT molecular complexity index is 604. The standard InChI is InChI=1S/C12H11N3O3/c1-9-11(3-2-4-12(9)15(17)18)7-14-6-10(8-16)5-13-14/h2-6,8H,7H2,1H3. The minimum Gasteiger partial charge on any atom is -0.298 e. The summed E-state index contributed by atoms with van der Waals surface area (Å²) in [6.45, 7) is 2.11. The normalized spacial score (nSPS) is 10.3. The van der Waals surface area contributed by atoms with Crippen molar-refractivity contribution in [3.8, 4) is 0 Å². The van der Waals surface area contributed by atoms with E-state index >= 15 is 0 Å². The highest BCUT2D eigenvalue weighted by Gasteiger charge is 2.13. The van der Waals surface area contributed by atoms with E-state index in [1.807, 2.05) is 6.07 Å². The summed E-state index contributed by atoms with van der Waals surface area (Å²) >= 11 is 0. The predicted octanol–water partition coefficient (Wildman–Crippen LogP) is 1.96. The van der Waals surface area contributed by atoms with Gasteiger partial charge in [0, 0.05) is 17.8 Å². The number of carbonyl (C=O) groups excluding carboxylic acids is 1. The fraction of sp³-hybridized carbons (Fsp3) is 0.167. The first-order valence-electron chi connectivity index (χ1n) is 5.32. The van der Waals surface area contributed by atoms with Gasteiger partial charge in [-0.1, -0.05) is 12.1 Å². The fourth-order valence-electron chi connectivity index (χ4n) is 1.74. The van der Waals surface area contributed by atoms with Crippen LogP contribution in [0.4, 0.5) is 5.69 Å². The van der Waals surface area contributed by atoms with Crippen LogP contribution in [-0.2, 0) is 6.54 Å². The lowest BCUT2D eigenvalue weighted by Gasteiger charge is -2.06. The minimum absolute atomic E-state index is 0.0928. The van der Waals surface area contributed by atoms with E-state index in [1.54, 1.807) is 23.9 Å². The molecular weight excluding hydrogens is 234 g/mol. The molecule has 0 aliphatic carbocycles. The van der Waals surface area contributed by atoms with Crippen molar-refractivity contribution in [3.05, 3.63) is 57.4 Å². The number of hydrogen-bond acceptors (Lipinski definition) is 4. The average molecular weight is 245 g/mol. The second-order valence-electron chi connectivity index (χ2n) is 3.91. The molecule has 0 amide bonds. The third kappa shape index (κ3) is 2.27. The van der Waals surface area contributed by atoms with Crippen LogP contribution in [0.15, 0.2) is 30.6 Å². The summed E-state index contributed by atoms with van der Waals surface area (Å²) in [4.78, 5) is 20.9. The molecule has 6 heteroatoms. The number of nitro groups is 1. The number of rotatable bonds is 4. The molecule has 92 valence electrons. The van der Waals surface area contributed by atoms with Crippen LogP contribution in [0.5, 0.6) is 0 Å². The zero-order valence-electron chi connectivity index (χ0n) is 9.74. The molecule has 0 aliphatic rings. The number of aromatic nitrogens is 2. The maximum absolute atomic E-state index is 10.8. The van der Waals surface area contributed by atoms with E-state index in [1.165, 1.54) is 12.3 Å². The topological polar surface area (TPSA) is 78.0 Å². The number of benzene rings is 1. The van der Waals surface area contributed by atoms with Gasteiger partial charge in [0.1, 0.15) is 0 Å². The van der Waals surface area contributed by atoms with E-state index in [2.05, 4.69) is 5.10 Å². The first kappa shape index (κ1) is 12.0. The lowest BCUT2D eigenvalue weighted by Crippen LogP contribution is -2.03. The van der Waals surface area contributed by atoms with Crippen molar-refractivity contribution in [2.24, 2.45) is 0 Å². The van der Waals surface area contributed by atoms with E-state index in [9.17, 15) is 14.9 Å². The Hall–Kier alpha value is -2.50. The lowest BCUT2D eigenvalue weighted by molar-refractivity contribution is -0.385. The molecule has 2 aromatic rings. The number of hydrogen-bond donors (Lipinski definition) is 0. The van der Waals surface area contributed by atoms with Gasteiger partial charge in [-0.15, -0.1) is 0 Å². The van der Waals surface area contributed by atoms with E-state index in [0.29, 0.717) is 24.0 Å². The van der Waals surface area contributed by atoms with Crippen molar-refractivity contribution in [1.82, 2.24) is 9.78 Å². The van der Waals surface area contributed by atoms with Gasteiger partial charge in [-0.25, -0.2) is 0 Å². The third-order valence-corrected chi connectivity index (χ3v) is 2.74. The molecule has 1 heterocycles. The molecule has 0 atom stereocenters. The number of aldehydes is 1. The van der Waals surface area contributed by atoms with Crippen molar-refractivity contribution >= 4 is 12.0 Å². The Morgan fingerprint density at radius 1 is 1.50 bits per heavy atom. The number of carbonyl (C=O) groups is 1. The molecule has 0 N–H and O–H groups in total. The molecule has 1 aromatic carbocycles. The molecule has 0 saturated carbocycles. The van der Waals surface area contributed by atoms with Crippen LogP contribution in [0.1, 0.15) is 21.5 Å². The van der Waals surface area contributed by atoms with Crippen molar-refractivity contribution < 1.29 is 9.72 Å². The first-order chi connectivity index (χ1) is 8.61. The van der Waals surface area contributed by atoms with Crippen molar-refractivity contribution in [2.75, 3.05) is 0 Å². The van der Waals surface area contributed by atoms with Crippen LogP contribution in [0.3, 0.4) is 0 Å². The smallest absolute Gasteiger partial charge is 0.272 e. The van der Waals surface area contributed by atoms with Crippen LogP contribution in [0.25, 0.3) is 0 Å². The van der Waals surface area contributed by atoms with Gasteiger partial charge in [0.2, 0.25) is 0 Å². The Labute approximate surface area is 103 Å². The Balaban J connectivity index is 2.31. The second kappa shape index (κ2) is 4.79. The van der Waals surface area contributed by atoms with Gasteiger partial charge < -0.3 is 0 Å². The summed E-state index contributed by atoms with van der Waals surface area (Å²) in [6.07, 6.45) is 3.77. The van der Waals surface area contributed by atoms with Gasteiger partial charge in [-0.3, -0.25) is 19.6 Å². The molecule has 6 nitrogen and oxygen atoms in total. The monoisotopic (exact) mass is 245 g/mol. The number of nitrogens with zero attached hydrogens (tertiary/aromatic N) is 3. The molecule has 2 rings (SSSR count). The average Bonchev–Trinajstić information content (AvgIpc) is 2.79. The lowest BCUT2D eigenvalue weighted by atomic mass is 10.1. The zero-order chi connectivity index (χ0) is 13.1. The first-order valence-corrected chi connectivity index (χ1v) is 5.32. The van der Waals surface area contributed by atoms with E-state index in [4.69, 9.17) is 0 Å². The molecule has 0 radical (unpaired) electrons. The van der Waals surface area contributed by atoms with Crippen LogP contribution in [0.2, 0.25) is 0 Å². The van der Waals surface area contributed by atoms with Crippen LogP contribution < -0.4 is 0 Å². The van der Waals surface area contributed by atoms with Gasteiger partial charge >= 0.3 is 0 Å². The second-order valence-corrected chi connectivity index (χ2v) is 3.91. The Morgan fingerprint density at radius 2 is 2.28 bits per heavy atom. The summed E-state index contributed by atoms with van der Waals surface area (Å²) in [5, 5.41) is 14.8. The highest BCUT2D eigenvalue weighted by Crippen LogP contribution is 2.21. The Morgan fingerprint density at radius 3 is 2.89 bits per heavy atom. The predicted molar refractivity (Wildman–Crippen MR) is 64.5 cm³/mol. The van der Waals surface area contributed by atoms with Gasteiger partial charge in [0.25, 0.3) is 5.69 Å². The van der Waals surface area contributed by atoms with E-state index in [-0.39, 0.29) is 5.69 Å². The molecule has 0 spiro atoms. The molecule has 0 saturated heterocycles. The van der Waals surface area contributed by atoms with Crippen molar-refractivity contribution in [2.45, 2.75) is 13.5 Å². The van der Waals surface area contributed by atoms with Gasteiger partial charge in [-0.2, -0.15) is 5.10 Å². The third-order valence-electron chi connectivity index (χ3n) is 2.74. The number of nitro benzene ring substituents is 1. The quantitative estimate of drug-likeness (QED) is 0.468. The summed E-state index contributed by atoms with van der Waals surface area (Å²) in [5.74, 6) is 0. The zero-order valence-corrected chi connectivity index (χ0v) is 9.74. The summed E-state index contributed by atoms with van der Waals surface area (Å²) in [7, 11) is 0. The summed E-state index contributed by atoms with van der Waals surface area (Å²) < 4.78 is 1.58. The summed E-state index contributed by atoms with van der Waals surface area (Å²) in [6, 6.07) is 4.92. The van der Waals surface area contributed by atoms with Crippen LogP contribution >= 0.6 is 0 Å². The SMILES string of the molecule is Cc1c(Cn2cc(C=O)cn2)cccc1[N+](=O)[O-]. The molecule has 1 aromatic heterocycles. The van der Waals surface area contributed by atoms with Gasteiger partial charge in [0.05, 0.1) is 23.2 Å². The fourth-order valence-corrected chi connectivity index (χ4v) is 1.74. The maximum Gasteiger partial charge on any atom is 0.272 e. The summed E-state index contributed by atoms with van der Waals surface area (Å²) in [5.41, 5.74) is 2.00. The molecule has 0 bridgehead atoms. The molecular formula is C12H11N3O3. The van der Waals surface area contributed by atoms with Crippen molar-refractivity contribution in [1.29, 1.82) is 0 Å². The van der Waals surface area contributed by atoms with Gasteiger partial charge in [-0.05, 0) is 12.5 Å². The molecule has 0 fully saturated rings. The van der Waals surface area contributed by atoms with Crippen LogP contribution in [-0.4, -0.2) is 21.0 Å². The largest absolute Gasteiger partial charge is 0.298 e. The minimum atomic E-state index is -0.404. The highest BCUT2D eigenvalue weighted by atomic mass is 16.6. The highest BCUT2D eigenvalue weighted by molar-refractivity contribution is 5.73. The van der Waals surface area contributed by atoms with E-state index in [0.717, 1.165) is 5.56 Å². The molecule has 0 unspecified atom stereocenters. The van der Waals surface area contributed by atoms with Crippen molar-refractivity contribution in [3.63, 3.8) is 0 Å². The molecule has 0 aliphatic heterocycles. The van der Waals surface area contributed by atoms with E-state index < -0.39 is 4.92 Å².